The number of nitriles is 2. The van der Waals surface area contributed by atoms with Crippen LogP contribution in [0.4, 0.5) is 0 Å². The van der Waals surface area contributed by atoms with Gasteiger partial charge in [0.2, 0.25) is 0 Å². The molecule has 0 unspecified atom stereocenters. The zero-order chi connectivity index (χ0) is 9.14. The maximum absolute atomic E-state index is 8.51. The zero-order valence-corrected chi connectivity index (χ0v) is 6.20. The van der Waals surface area contributed by atoms with Gasteiger partial charge in [-0.25, -0.2) is 9.97 Å². The van der Waals surface area contributed by atoms with Crippen LogP contribution in [0.25, 0.3) is 13.2 Å². The van der Waals surface area contributed by atoms with Gasteiger partial charge in [-0.1, -0.05) is 13.2 Å². The van der Waals surface area contributed by atoms with Crippen molar-refractivity contribution in [2.45, 2.75) is 0 Å². The van der Waals surface area contributed by atoms with Crippen molar-refractivity contribution >= 4 is 13.2 Å². The molecule has 1 aromatic heterocycles. The molecule has 1 aromatic rings. The monoisotopic (exact) mass is 156 g/mol. The molecular weight excluding hydrogens is 152 g/mol. The predicted octanol–water partition coefficient (Wildman–Crippen LogP) is -0.959. The Morgan fingerprint density at radius 3 is 1.50 bits per heavy atom. The van der Waals surface area contributed by atoms with E-state index in [0.29, 0.717) is 10.7 Å². The maximum Gasteiger partial charge on any atom is 0.177 e. The summed E-state index contributed by atoms with van der Waals surface area (Å²) in [5.41, 5.74) is -0.00944. The van der Waals surface area contributed by atoms with Gasteiger partial charge in [0, 0.05) is 0 Å². The molecule has 12 heavy (non-hydrogen) atoms. The second kappa shape index (κ2) is 2.81. The summed E-state index contributed by atoms with van der Waals surface area (Å²) in [6.45, 7) is 7.01. The average Bonchev–Trinajstić information content (AvgIpc) is 2.09. The molecule has 0 atom stereocenters. The van der Waals surface area contributed by atoms with Crippen molar-refractivity contribution in [3.63, 3.8) is 0 Å². The molecule has 0 N–H and O–H groups in total. The molecule has 0 saturated heterocycles. The van der Waals surface area contributed by atoms with Crippen molar-refractivity contribution in [2.24, 2.45) is 0 Å². The highest BCUT2D eigenvalue weighted by Crippen LogP contribution is 1.91. The van der Waals surface area contributed by atoms with E-state index in [1.165, 1.54) is 0 Å². The van der Waals surface area contributed by atoms with Gasteiger partial charge in [0.15, 0.2) is 11.4 Å². The second-order valence-electron chi connectivity index (χ2n) is 2.04. The van der Waals surface area contributed by atoms with Crippen LogP contribution in [0.1, 0.15) is 11.4 Å². The number of aromatic nitrogens is 2. The minimum absolute atomic E-state index is 0.00472. The lowest BCUT2D eigenvalue weighted by Gasteiger charge is -1.90. The summed E-state index contributed by atoms with van der Waals surface area (Å²) >= 11 is 0. The first-order valence-corrected chi connectivity index (χ1v) is 3.05. The van der Waals surface area contributed by atoms with Crippen LogP contribution in [-0.4, -0.2) is 9.97 Å². The van der Waals surface area contributed by atoms with Crippen LogP contribution < -0.4 is 10.7 Å². The Balaban J connectivity index is 3.67. The Hall–Kier alpha value is -2.20. The van der Waals surface area contributed by atoms with Crippen LogP contribution in [0, 0.1) is 22.7 Å². The van der Waals surface area contributed by atoms with Gasteiger partial charge in [0.25, 0.3) is 0 Å². The van der Waals surface area contributed by atoms with Crippen molar-refractivity contribution in [1.29, 1.82) is 10.5 Å². The van der Waals surface area contributed by atoms with Crippen molar-refractivity contribution < 1.29 is 0 Å². The Morgan fingerprint density at radius 2 is 1.25 bits per heavy atom. The van der Waals surface area contributed by atoms with E-state index in [-0.39, 0.29) is 11.4 Å². The van der Waals surface area contributed by atoms with Crippen molar-refractivity contribution in [1.82, 2.24) is 9.97 Å². The first kappa shape index (κ1) is 7.90. The van der Waals surface area contributed by atoms with Gasteiger partial charge in [-0.15, -0.1) is 0 Å². The molecule has 0 bridgehead atoms. The standard InChI is InChI=1S/C8H4N4/c1-5-6(2)12-8(4-10)7(3-9)11-5/h1-2H2. The number of hydrogen-bond donors (Lipinski definition) is 0. The lowest BCUT2D eigenvalue weighted by atomic mass is 10.3. The summed E-state index contributed by atoms with van der Waals surface area (Å²) < 4.78 is 0. The van der Waals surface area contributed by atoms with E-state index in [4.69, 9.17) is 10.5 Å². The SMILES string of the molecule is C=c1nc(C#N)c(C#N)nc1=C. The Kier molecular flexibility index (Phi) is 1.85. The molecule has 0 amide bonds. The second-order valence-corrected chi connectivity index (χ2v) is 2.04. The lowest BCUT2D eigenvalue weighted by Crippen LogP contribution is -2.30. The molecule has 0 fully saturated rings. The maximum atomic E-state index is 8.51. The molecule has 0 aliphatic rings. The van der Waals surface area contributed by atoms with E-state index in [9.17, 15) is 0 Å². The first-order chi connectivity index (χ1) is 5.69. The molecule has 4 nitrogen and oxygen atoms in total. The van der Waals surface area contributed by atoms with Crippen LogP contribution >= 0.6 is 0 Å². The van der Waals surface area contributed by atoms with Crippen LogP contribution in [0.15, 0.2) is 0 Å². The number of rotatable bonds is 0. The van der Waals surface area contributed by atoms with Gasteiger partial charge in [-0.2, -0.15) is 10.5 Å². The van der Waals surface area contributed by atoms with Gasteiger partial charge in [0.05, 0.1) is 10.7 Å². The van der Waals surface area contributed by atoms with Crippen LogP contribution in [0.3, 0.4) is 0 Å². The fourth-order valence-corrected chi connectivity index (χ4v) is 0.661. The summed E-state index contributed by atoms with van der Waals surface area (Å²) in [7, 11) is 0. The Labute approximate surface area is 68.7 Å². The highest BCUT2D eigenvalue weighted by Gasteiger charge is 2.02. The largest absolute Gasteiger partial charge is 0.233 e. The van der Waals surface area contributed by atoms with Crippen molar-refractivity contribution in [3.05, 3.63) is 22.1 Å². The molecule has 0 aliphatic heterocycles. The minimum Gasteiger partial charge on any atom is -0.233 e. The fourth-order valence-electron chi connectivity index (χ4n) is 0.661. The number of hydrogen-bond acceptors (Lipinski definition) is 4. The molecule has 0 aromatic carbocycles. The van der Waals surface area contributed by atoms with Crippen LogP contribution in [0.2, 0.25) is 0 Å². The Morgan fingerprint density at radius 1 is 0.917 bits per heavy atom. The fraction of sp³-hybridized carbons (Fsp3) is 0. The molecule has 0 spiro atoms. The Bertz CT molecular complexity index is 443. The van der Waals surface area contributed by atoms with Crippen LogP contribution in [0.5, 0.6) is 0 Å². The summed E-state index contributed by atoms with van der Waals surface area (Å²) in [4.78, 5) is 7.48. The molecular formula is C8H4N4. The smallest absolute Gasteiger partial charge is 0.177 e. The average molecular weight is 156 g/mol. The molecule has 1 heterocycles. The van der Waals surface area contributed by atoms with E-state index in [0.717, 1.165) is 0 Å². The quantitative estimate of drug-likeness (QED) is 0.485. The van der Waals surface area contributed by atoms with Gasteiger partial charge < -0.3 is 0 Å². The van der Waals surface area contributed by atoms with Crippen molar-refractivity contribution in [3.8, 4) is 12.1 Å². The molecule has 0 aliphatic carbocycles. The van der Waals surface area contributed by atoms with Gasteiger partial charge in [-0.05, 0) is 0 Å². The molecule has 0 saturated carbocycles. The summed E-state index contributed by atoms with van der Waals surface area (Å²) in [6.07, 6.45) is 0. The van der Waals surface area contributed by atoms with Gasteiger partial charge in [0.1, 0.15) is 12.1 Å². The van der Waals surface area contributed by atoms with E-state index in [1.807, 2.05) is 0 Å². The van der Waals surface area contributed by atoms with Crippen molar-refractivity contribution in [2.75, 3.05) is 0 Å². The predicted molar refractivity (Wildman–Crippen MR) is 41.8 cm³/mol. The zero-order valence-electron chi connectivity index (χ0n) is 6.20. The van der Waals surface area contributed by atoms with Crippen LogP contribution in [-0.2, 0) is 0 Å². The highest BCUT2D eigenvalue weighted by molar-refractivity contribution is 5.34. The van der Waals surface area contributed by atoms with Gasteiger partial charge in [-0.3, -0.25) is 0 Å². The van der Waals surface area contributed by atoms with E-state index in [2.05, 4.69) is 23.1 Å². The summed E-state index contributed by atoms with van der Waals surface area (Å²) in [5.74, 6) is 0. The lowest BCUT2D eigenvalue weighted by molar-refractivity contribution is 1.05. The molecule has 56 valence electrons. The molecule has 0 radical (unpaired) electrons. The third kappa shape index (κ3) is 1.14. The number of nitrogens with zero attached hydrogens (tertiary/aromatic N) is 4. The topological polar surface area (TPSA) is 73.4 Å². The molecule has 4 heteroatoms. The highest BCUT2D eigenvalue weighted by atomic mass is 14.8. The summed E-state index contributed by atoms with van der Waals surface area (Å²) in [6, 6.07) is 3.50. The summed E-state index contributed by atoms with van der Waals surface area (Å²) in [5, 5.41) is 17.7. The first-order valence-electron chi connectivity index (χ1n) is 3.05. The van der Waals surface area contributed by atoms with E-state index in [1.54, 1.807) is 12.1 Å². The van der Waals surface area contributed by atoms with E-state index < -0.39 is 0 Å². The van der Waals surface area contributed by atoms with E-state index >= 15 is 0 Å². The third-order valence-electron chi connectivity index (χ3n) is 1.26. The third-order valence-corrected chi connectivity index (χ3v) is 1.26. The minimum atomic E-state index is -0.00472. The van der Waals surface area contributed by atoms with Gasteiger partial charge >= 0.3 is 0 Å². The normalized spacial score (nSPS) is 8.50. The molecule has 1 rings (SSSR count).